The van der Waals surface area contributed by atoms with Gasteiger partial charge in [0.2, 0.25) is 0 Å². The summed E-state index contributed by atoms with van der Waals surface area (Å²) < 4.78 is 0.853. The minimum Gasteiger partial charge on any atom is -0.478 e. The molecule has 0 fully saturated rings. The summed E-state index contributed by atoms with van der Waals surface area (Å²) in [6, 6.07) is 14.3. The lowest BCUT2D eigenvalue weighted by Gasteiger charge is -2.04. The Hall–Kier alpha value is -1.58. The molecule has 19 heavy (non-hydrogen) atoms. The van der Waals surface area contributed by atoms with E-state index < -0.39 is 5.97 Å². The van der Waals surface area contributed by atoms with E-state index in [2.05, 4.69) is 15.9 Å². The number of benzene rings is 2. The van der Waals surface area contributed by atoms with Gasteiger partial charge >= 0.3 is 5.97 Å². The van der Waals surface area contributed by atoms with Gasteiger partial charge in [0.15, 0.2) is 0 Å². The van der Waals surface area contributed by atoms with Crippen LogP contribution in [0.15, 0.2) is 53.0 Å². The number of rotatable bonds is 3. The summed E-state index contributed by atoms with van der Waals surface area (Å²) in [7, 11) is 0. The van der Waals surface area contributed by atoms with Gasteiger partial charge in [0.25, 0.3) is 0 Å². The predicted octanol–water partition coefficient (Wildman–Crippen LogP) is 4.73. The van der Waals surface area contributed by atoms with Gasteiger partial charge in [0.1, 0.15) is 0 Å². The van der Waals surface area contributed by atoms with Crippen LogP contribution in [0.4, 0.5) is 0 Å². The van der Waals surface area contributed by atoms with E-state index in [1.807, 2.05) is 12.1 Å². The highest BCUT2D eigenvalue weighted by Gasteiger charge is 2.11. The van der Waals surface area contributed by atoms with Crippen molar-refractivity contribution in [2.24, 2.45) is 0 Å². The zero-order valence-electron chi connectivity index (χ0n) is 9.81. The Balaban J connectivity index is 2.51. The standard InChI is InChI=1S/C15H10BrClO2/c16-12-7-6-11(14(17)9-12)8-13(15(18)19)10-4-2-1-3-5-10/h1-9H,(H,18,19)/b13-8+. The van der Waals surface area contributed by atoms with Gasteiger partial charge in [-0.3, -0.25) is 0 Å². The quantitative estimate of drug-likeness (QED) is 0.649. The highest BCUT2D eigenvalue weighted by Crippen LogP contribution is 2.26. The van der Waals surface area contributed by atoms with E-state index in [0.717, 1.165) is 4.47 Å². The monoisotopic (exact) mass is 336 g/mol. The second-order valence-electron chi connectivity index (χ2n) is 3.90. The zero-order chi connectivity index (χ0) is 13.8. The molecule has 0 atom stereocenters. The highest BCUT2D eigenvalue weighted by atomic mass is 79.9. The summed E-state index contributed by atoms with van der Waals surface area (Å²) in [5, 5.41) is 9.82. The molecule has 0 spiro atoms. The van der Waals surface area contributed by atoms with Gasteiger partial charge in [-0.05, 0) is 29.3 Å². The van der Waals surface area contributed by atoms with Crippen LogP contribution in [0, 0.1) is 0 Å². The molecule has 0 aliphatic carbocycles. The lowest BCUT2D eigenvalue weighted by Crippen LogP contribution is -1.99. The average molecular weight is 338 g/mol. The number of hydrogen-bond acceptors (Lipinski definition) is 1. The van der Waals surface area contributed by atoms with Gasteiger partial charge in [-0.25, -0.2) is 4.79 Å². The van der Waals surface area contributed by atoms with E-state index in [1.165, 1.54) is 0 Å². The van der Waals surface area contributed by atoms with Crippen LogP contribution in [0.25, 0.3) is 11.6 Å². The molecule has 1 N–H and O–H groups in total. The fraction of sp³-hybridized carbons (Fsp3) is 0. The molecule has 0 radical (unpaired) electrons. The Kier molecular flexibility index (Phi) is 4.40. The van der Waals surface area contributed by atoms with Gasteiger partial charge in [-0.1, -0.05) is 63.9 Å². The summed E-state index contributed by atoms with van der Waals surface area (Å²) in [4.78, 5) is 11.4. The highest BCUT2D eigenvalue weighted by molar-refractivity contribution is 9.10. The molecule has 0 saturated carbocycles. The third kappa shape index (κ3) is 3.46. The molecule has 0 aliphatic rings. The van der Waals surface area contributed by atoms with Crippen LogP contribution >= 0.6 is 27.5 Å². The van der Waals surface area contributed by atoms with Crippen molar-refractivity contribution in [1.29, 1.82) is 0 Å². The first-order chi connectivity index (χ1) is 9.08. The number of carboxylic acid groups (broad SMARTS) is 1. The SMILES string of the molecule is O=C(O)/C(=C/c1ccc(Br)cc1Cl)c1ccccc1. The molecule has 0 unspecified atom stereocenters. The molecular weight excluding hydrogens is 328 g/mol. The number of halogens is 2. The van der Waals surface area contributed by atoms with Crippen LogP contribution in [-0.4, -0.2) is 11.1 Å². The Morgan fingerprint density at radius 1 is 1.16 bits per heavy atom. The van der Waals surface area contributed by atoms with Crippen LogP contribution < -0.4 is 0 Å². The molecule has 0 saturated heterocycles. The van der Waals surface area contributed by atoms with Crippen molar-refractivity contribution in [3.8, 4) is 0 Å². The fourth-order valence-electron chi connectivity index (χ4n) is 1.66. The molecule has 4 heteroatoms. The Bertz CT molecular complexity index is 636. The largest absolute Gasteiger partial charge is 0.478 e. The van der Waals surface area contributed by atoms with E-state index in [1.54, 1.807) is 42.5 Å². The second-order valence-corrected chi connectivity index (χ2v) is 5.22. The van der Waals surface area contributed by atoms with Crippen molar-refractivity contribution in [1.82, 2.24) is 0 Å². The molecule has 2 rings (SSSR count). The molecule has 0 aromatic heterocycles. The maximum atomic E-state index is 11.4. The molecular formula is C15H10BrClO2. The second kappa shape index (κ2) is 6.04. The molecule has 0 aliphatic heterocycles. The summed E-state index contributed by atoms with van der Waals surface area (Å²) in [6.07, 6.45) is 1.58. The van der Waals surface area contributed by atoms with Crippen molar-refractivity contribution in [3.63, 3.8) is 0 Å². The molecule has 0 amide bonds. The van der Waals surface area contributed by atoms with Crippen LogP contribution in [0.2, 0.25) is 5.02 Å². The van der Waals surface area contributed by atoms with E-state index >= 15 is 0 Å². The maximum absolute atomic E-state index is 11.4. The first kappa shape index (κ1) is 13.8. The van der Waals surface area contributed by atoms with Crippen LogP contribution in [0.3, 0.4) is 0 Å². The molecule has 96 valence electrons. The first-order valence-electron chi connectivity index (χ1n) is 5.53. The normalized spacial score (nSPS) is 11.4. The van der Waals surface area contributed by atoms with E-state index in [9.17, 15) is 9.90 Å². The first-order valence-corrected chi connectivity index (χ1v) is 6.70. The predicted molar refractivity (Wildman–Crippen MR) is 81.1 cm³/mol. The van der Waals surface area contributed by atoms with Crippen LogP contribution in [-0.2, 0) is 4.79 Å². The van der Waals surface area contributed by atoms with Crippen molar-refractivity contribution in [3.05, 3.63) is 69.2 Å². The van der Waals surface area contributed by atoms with Crippen LogP contribution in [0.5, 0.6) is 0 Å². The fourth-order valence-corrected chi connectivity index (χ4v) is 2.39. The number of aliphatic carboxylic acids is 1. The maximum Gasteiger partial charge on any atom is 0.336 e. The van der Waals surface area contributed by atoms with E-state index in [0.29, 0.717) is 16.1 Å². The van der Waals surface area contributed by atoms with Crippen molar-refractivity contribution in [2.75, 3.05) is 0 Å². The molecule has 2 nitrogen and oxygen atoms in total. The Morgan fingerprint density at radius 2 is 1.84 bits per heavy atom. The molecule has 0 heterocycles. The van der Waals surface area contributed by atoms with Crippen LogP contribution in [0.1, 0.15) is 11.1 Å². The van der Waals surface area contributed by atoms with E-state index in [4.69, 9.17) is 11.6 Å². The van der Waals surface area contributed by atoms with Gasteiger partial charge in [0.05, 0.1) is 5.57 Å². The third-order valence-electron chi connectivity index (χ3n) is 2.58. The van der Waals surface area contributed by atoms with Crippen molar-refractivity contribution >= 4 is 45.1 Å². The topological polar surface area (TPSA) is 37.3 Å². The van der Waals surface area contributed by atoms with Crippen molar-refractivity contribution < 1.29 is 9.90 Å². The van der Waals surface area contributed by atoms with Gasteiger partial charge in [0, 0.05) is 9.50 Å². The lowest BCUT2D eigenvalue weighted by molar-refractivity contribution is -0.130. The summed E-state index contributed by atoms with van der Waals surface area (Å²) in [5.41, 5.74) is 1.53. The Morgan fingerprint density at radius 3 is 2.42 bits per heavy atom. The molecule has 0 bridgehead atoms. The van der Waals surface area contributed by atoms with Gasteiger partial charge in [-0.2, -0.15) is 0 Å². The smallest absolute Gasteiger partial charge is 0.336 e. The molecule has 2 aromatic carbocycles. The average Bonchev–Trinajstić information content (AvgIpc) is 2.38. The molecule has 2 aromatic rings. The summed E-state index contributed by atoms with van der Waals surface area (Å²) >= 11 is 9.41. The third-order valence-corrected chi connectivity index (χ3v) is 3.40. The summed E-state index contributed by atoms with van der Waals surface area (Å²) in [5.74, 6) is -0.981. The van der Waals surface area contributed by atoms with Crippen molar-refractivity contribution in [2.45, 2.75) is 0 Å². The number of hydrogen-bond donors (Lipinski definition) is 1. The van der Waals surface area contributed by atoms with Gasteiger partial charge < -0.3 is 5.11 Å². The number of carboxylic acids is 1. The number of carbonyl (C=O) groups is 1. The van der Waals surface area contributed by atoms with Gasteiger partial charge in [-0.15, -0.1) is 0 Å². The zero-order valence-corrected chi connectivity index (χ0v) is 12.1. The minimum atomic E-state index is -0.981. The Labute approximate surface area is 124 Å². The minimum absolute atomic E-state index is 0.213. The lowest BCUT2D eigenvalue weighted by atomic mass is 10.0. The summed E-state index contributed by atoms with van der Waals surface area (Å²) in [6.45, 7) is 0. The van der Waals surface area contributed by atoms with E-state index in [-0.39, 0.29) is 5.57 Å².